The molecule has 7 nitrogen and oxygen atoms in total. The van der Waals surface area contributed by atoms with Crippen molar-refractivity contribution in [3.8, 4) is 10.4 Å². The topological polar surface area (TPSA) is 102 Å². The molecule has 0 aliphatic heterocycles. The lowest BCUT2D eigenvalue weighted by molar-refractivity contribution is -0.142. The molecule has 0 aliphatic carbocycles. The number of carbonyl (C=O) groups excluding carboxylic acids is 1. The first-order chi connectivity index (χ1) is 16.8. The zero-order valence-corrected chi connectivity index (χ0v) is 23.2. The average molecular weight is 611 g/mol. The molecule has 0 unspecified atom stereocenters. The molecule has 1 aromatic heterocycles. The SMILES string of the molecule is CCN(CC)CCOC(=O)CN=C(C(Br)=C(N)C(F)(F)F)c1ccc(-c2cccc(S(C)(=O)=O)c2)s1. The van der Waals surface area contributed by atoms with Crippen molar-refractivity contribution in [2.24, 2.45) is 10.7 Å². The fourth-order valence-electron chi connectivity index (χ4n) is 3.03. The molecular formula is C23H27BrF3N3O4S2. The summed E-state index contributed by atoms with van der Waals surface area (Å²) in [6.07, 6.45) is -3.74. The number of sulfone groups is 1. The van der Waals surface area contributed by atoms with E-state index in [1.54, 1.807) is 18.2 Å². The van der Waals surface area contributed by atoms with Gasteiger partial charge in [-0.15, -0.1) is 11.3 Å². The van der Waals surface area contributed by atoms with Gasteiger partial charge in [-0.1, -0.05) is 26.0 Å². The number of nitrogens with two attached hydrogens (primary N) is 1. The molecular weight excluding hydrogens is 583 g/mol. The molecule has 13 heteroatoms. The summed E-state index contributed by atoms with van der Waals surface area (Å²) in [7, 11) is -3.45. The number of esters is 1. The first kappa shape index (κ1) is 30.0. The fourth-order valence-corrected chi connectivity index (χ4v) is 5.40. The summed E-state index contributed by atoms with van der Waals surface area (Å²) >= 11 is 3.98. The van der Waals surface area contributed by atoms with Crippen LogP contribution in [0.1, 0.15) is 18.7 Å². The molecule has 0 saturated heterocycles. The molecule has 1 heterocycles. The fraction of sp³-hybridized carbons (Fsp3) is 0.391. The quantitative estimate of drug-likeness (QED) is 0.295. The Morgan fingerprint density at radius 1 is 1.19 bits per heavy atom. The Bertz CT molecular complexity index is 1240. The summed E-state index contributed by atoms with van der Waals surface area (Å²) in [5.41, 5.74) is 4.31. The number of halogens is 4. The molecule has 2 N–H and O–H groups in total. The van der Waals surface area contributed by atoms with Gasteiger partial charge in [-0.2, -0.15) is 13.2 Å². The van der Waals surface area contributed by atoms with Crippen LogP contribution >= 0.6 is 27.3 Å². The summed E-state index contributed by atoms with van der Waals surface area (Å²) in [5.74, 6) is -0.692. The third-order valence-electron chi connectivity index (χ3n) is 5.07. The Labute approximate surface area is 220 Å². The smallest absolute Gasteiger partial charge is 0.431 e. The van der Waals surface area contributed by atoms with E-state index in [0.29, 0.717) is 21.9 Å². The molecule has 36 heavy (non-hydrogen) atoms. The number of likely N-dealkylation sites (N-methyl/N-ethyl adjacent to an activating group) is 1. The highest BCUT2D eigenvalue weighted by atomic mass is 79.9. The van der Waals surface area contributed by atoms with Crippen LogP contribution in [0, 0.1) is 0 Å². The summed E-state index contributed by atoms with van der Waals surface area (Å²) in [6.45, 7) is 5.68. The standard InChI is InChI=1S/C23H27BrF3N3O4S2/c1-4-30(5-2)11-12-34-19(31)14-29-21(20(24)22(28)23(25,26)27)18-10-9-17(35-18)15-7-6-8-16(13-15)36(3,32)33/h6-10,13H,4-5,11-12,14,28H2,1-3H3. The minimum absolute atomic E-state index is 0.110. The van der Waals surface area contributed by atoms with Crippen LogP contribution in [0.5, 0.6) is 0 Å². The average Bonchev–Trinajstić information content (AvgIpc) is 3.30. The number of alkyl halides is 3. The van der Waals surface area contributed by atoms with E-state index in [0.717, 1.165) is 30.7 Å². The van der Waals surface area contributed by atoms with Crippen LogP contribution in [-0.4, -0.2) is 70.2 Å². The van der Waals surface area contributed by atoms with Gasteiger partial charge >= 0.3 is 12.1 Å². The number of thiophene rings is 1. The molecule has 0 radical (unpaired) electrons. The van der Waals surface area contributed by atoms with Gasteiger partial charge in [0.2, 0.25) is 0 Å². The van der Waals surface area contributed by atoms with Crippen molar-refractivity contribution < 1.29 is 31.1 Å². The normalized spacial score (nSPS) is 13.6. The van der Waals surface area contributed by atoms with E-state index in [9.17, 15) is 26.4 Å². The summed E-state index contributed by atoms with van der Waals surface area (Å²) in [4.78, 5) is 19.3. The van der Waals surface area contributed by atoms with Crippen LogP contribution in [0.4, 0.5) is 13.2 Å². The van der Waals surface area contributed by atoms with Gasteiger partial charge in [0.25, 0.3) is 0 Å². The second-order valence-corrected chi connectivity index (χ2v) is 11.5. The number of aliphatic imine (C=N–C) groups is 1. The number of allylic oxidation sites excluding steroid dienone is 2. The van der Waals surface area contributed by atoms with Crippen molar-refractivity contribution >= 4 is 48.8 Å². The third-order valence-corrected chi connectivity index (χ3v) is 8.12. The molecule has 198 valence electrons. The maximum atomic E-state index is 13.3. The lowest BCUT2D eigenvalue weighted by Gasteiger charge is -2.17. The molecule has 0 fully saturated rings. The van der Waals surface area contributed by atoms with Gasteiger partial charge in [-0.25, -0.2) is 8.42 Å². The number of rotatable bonds is 11. The molecule has 1 aromatic carbocycles. The van der Waals surface area contributed by atoms with E-state index in [4.69, 9.17) is 10.5 Å². The number of nitrogens with zero attached hydrogens (tertiary/aromatic N) is 2. The molecule has 0 spiro atoms. The van der Waals surface area contributed by atoms with Gasteiger partial charge < -0.3 is 15.4 Å². The first-order valence-electron chi connectivity index (χ1n) is 10.8. The Morgan fingerprint density at radius 2 is 1.86 bits per heavy atom. The summed E-state index contributed by atoms with van der Waals surface area (Å²) < 4.78 is 68.3. The lowest BCUT2D eigenvalue weighted by atomic mass is 10.2. The van der Waals surface area contributed by atoms with Crippen molar-refractivity contribution in [1.82, 2.24) is 4.90 Å². The highest BCUT2D eigenvalue weighted by Gasteiger charge is 2.35. The largest absolute Gasteiger partial charge is 0.463 e. The molecule has 0 bridgehead atoms. The van der Waals surface area contributed by atoms with Crippen LogP contribution in [0.25, 0.3) is 10.4 Å². The van der Waals surface area contributed by atoms with E-state index in [2.05, 4.69) is 25.8 Å². The van der Waals surface area contributed by atoms with E-state index in [-0.39, 0.29) is 17.2 Å². The van der Waals surface area contributed by atoms with Crippen molar-refractivity contribution in [3.63, 3.8) is 0 Å². The second kappa shape index (κ2) is 12.8. The molecule has 0 atom stereocenters. The molecule has 2 rings (SSSR count). The number of hydrogen-bond donors (Lipinski definition) is 1. The van der Waals surface area contributed by atoms with E-state index < -0.39 is 38.7 Å². The van der Waals surface area contributed by atoms with Gasteiger partial charge in [-0.05, 0) is 58.8 Å². The van der Waals surface area contributed by atoms with Crippen molar-refractivity contribution in [3.05, 3.63) is 51.5 Å². The minimum atomic E-state index is -4.83. The summed E-state index contributed by atoms with van der Waals surface area (Å²) in [5, 5.41) is 0. The van der Waals surface area contributed by atoms with Crippen molar-refractivity contribution in [1.29, 1.82) is 0 Å². The van der Waals surface area contributed by atoms with Gasteiger partial charge in [-0.3, -0.25) is 9.79 Å². The second-order valence-electron chi connectivity index (χ2n) is 7.60. The van der Waals surface area contributed by atoms with Crippen LogP contribution in [0.15, 0.2) is 56.5 Å². The van der Waals surface area contributed by atoms with Crippen LogP contribution in [-0.2, 0) is 19.4 Å². The number of carbonyl (C=O) groups is 1. The predicted octanol–water partition coefficient (Wildman–Crippen LogP) is 4.62. The van der Waals surface area contributed by atoms with Crippen molar-refractivity contribution in [2.45, 2.75) is 24.9 Å². The highest BCUT2D eigenvalue weighted by Crippen LogP contribution is 2.34. The van der Waals surface area contributed by atoms with Gasteiger partial charge in [0.15, 0.2) is 9.84 Å². The maximum absolute atomic E-state index is 13.3. The Hall–Kier alpha value is -2.22. The number of benzene rings is 1. The van der Waals surface area contributed by atoms with Crippen LogP contribution in [0.2, 0.25) is 0 Å². The van der Waals surface area contributed by atoms with Crippen LogP contribution < -0.4 is 5.73 Å². The molecule has 2 aromatic rings. The van der Waals surface area contributed by atoms with Crippen LogP contribution in [0.3, 0.4) is 0 Å². The van der Waals surface area contributed by atoms with Gasteiger partial charge in [0.1, 0.15) is 18.8 Å². The number of hydrogen-bond acceptors (Lipinski definition) is 8. The van der Waals surface area contributed by atoms with E-state index in [1.165, 1.54) is 18.2 Å². The minimum Gasteiger partial charge on any atom is -0.463 e. The van der Waals surface area contributed by atoms with Gasteiger partial charge in [0, 0.05) is 17.7 Å². The monoisotopic (exact) mass is 609 g/mol. The molecule has 0 aliphatic rings. The third kappa shape index (κ3) is 8.43. The Balaban J connectivity index is 2.37. The van der Waals surface area contributed by atoms with Crippen molar-refractivity contribution in [2.75, 3.05) is 39.0 Å². The molecule has 0 saturated carbocycles. The zero-order valence-electron chi connectivity index (χ0n) is 19.9. The maximum Gasteiger partial charge on any atom is 0.431 e. The Kier molecular flexibility index (Phi) is 10.7. The molecule has 0 amide bonds. The predicted molar refractivity (Wildman–Crippen MR) is 139 cm³/mol. The van der Waals surface area contributed by atoms with E-state index >= 15 is 0 Å². The Morgan fingerprint density at radius 3 is 2.44 bits per heavy atom. The zero-order chi connectivity index (χ0) is 27.1. The first-order valence-corrected chi connectivity index (χ1v) is 14.3. The lowest BCUT2D eigenvalue weighted by Crippen LogP contribution is -2.28. The van der Waals surface area contributed by atoms with E-state index in [1.807, 2.05) is 13.8 Å². The number of ether oxygens (including phenoxy) is 1. The summed E-state index contributed by atoms with van der Waals surface area (Å²) in [6, 6.07) is 9.35. The van der Waals surface area contributed by atoms with Gasteiger partial charge in [0.05, 0.1) is 20.0 Å². The highest BCUT2D eigenvalue weighted by molar-refractivity contribution is 9.12.